The minimum Gasteiger partial charge on any atom is -0.481 e. The summed E-state index contributed by atoms with van der Waals surface area (Å²) in [5.41, 5.74) is 4.25. The maximum absolute atomic E-state index is 12.7. The highest BCUT2D eigenvalue weighted by atomic mass is 16.5. The van der Waals surface area contributed by atoms with E-state index in [1.54, 1.807) is 0 Å². The Balaban J connectivity index is 1.70. The number of amides is 2. The van der Waals surface area contributed by atoms with Gasteiger partial charge in [0.05, 0.1) is 13.0 Å². The Morgan fingerprint density at radius 1 is 1.09 bits per heavy atom. The highest BCUT2D eigenvalue weighted by Gasteiger charge is 2.31. The second kappa shape index (κ2) is 10.6. The average molecular weight is 438 g/mol. The van der Waals surface area contributed by atoms with Crippen LogP contribution in [0.5, 0.6) is 0 Å². The van der Waals surface area contributed by atoms with Crippen molar-refractivity contribution < 1.29 is 29.3 Å². The van der Waals surface area contributed by atoms with Crippen LogP contribution in [-0.4, -0.2) is 65.4 Å². The minimum atomic E-state index is -1.32. The Morgan fingerprint density at radius 3 is 2.22 bits per heavy atom. The molecule has 1 aliphatic carbocycles. The Kier molecular flexibility index (Phi) is 7.62. The van der Waals surface area contributed by atoms with Crippen LogP contribution in [0.25, 0.3) is 11.1 Å². The van der Waals surface area contributed by atoms with Crippen LogP contribution in [-0.2, 0) is 14.3 Å². The van der Waals surface area contributed by atoms with Gasteiger partial charge in [0.1, 0.15) is 12.6 Å². The molecule has 168 valence electrons. The Labute approximate surface area is 186 Å². The summed E-state index contributed by atoms with van der Waals surface area (Å²) in [6.45, 7) is 3.40. The number of hydrogen-bond donors (Lipinski definition) is 3. The highest BCUT2D eigenvalue weighted by molar-refractivity contribution is 5.89. The highest BCUT2D eigenvalue weighted by Crippen LogP contribution is 2.44. The molecule has 0 bridgehead atoms. The third-order valence-electron chi connectivity index (χ3n) is 5.34. The van der Waals surface area contributed by atoms with E-state index >= 15 is 0 Å². The third kappa shape index (κ3) is 5.15. The molecule has 3 N–H and O–H groups in total. The van der Waals surface area contributed by atoms with Crippen molar-refractivity contribution in [3.63, 3.8) is 0 Å². The summed E-state index contributed by atoms with van der Waals surface area (Å²) in [5.74, 6) is -2.03. The average Bonchev–Trinajstić information content (AvgIpc) is 3.10. The molecule has 1 atom stereocenters. The van der Waals surface area contributed by atoms with Gasteiger partial charge in [0.15, 0.2) is 0 Å². The van der Waals surface area contributed by atoms with Gasteiger partial charge in [0, 0.05) is 19.0 Å². The van der Waals surface area contributed by atoms with Crippen molar-refractivity contribution >= 4 is 18.0 Å². The van der Waals surface area contributed by atoms with Crippen LogP contribution < -0.4 is 5.32 Å². The third-order valence-corrected chi connectivity index (χ3v) is 5.34. The number of nitrogens with one attached hydrogen (secondary N) is 1. The van der Waals surface area contributed by atoms with E-state index in [0.717, 1.165) is 22.3 Å². The lowest BCUT2D eigenvalue weighted by Gasteiger charge is -2.25. The van der Waals surface area contributed by atoms with Gasteiger partial charge in [-0.2, -0.15) is 0 Å². The van der Waals surface area contributed by atoms with Crippen molar-refractivity contribution in [2.24, 2.45) is 0 Å². The normalized spacial score (nSPS) is 12.9. The van der Waals surface area contributed by atoms with Crippen molar-refractivity contribution in [2.75, 3.05) is 26.3 Å². The number of ether oxygens (including phenoxy) is 1. The van der Waals surface area contributed by atoms with Crippen LogP contribution in [0, 0.1) is 0 Å². The Bertz CT molecular complexity index is 960. The van der Waals surface area contributed by atoms with Crippen LogP contribution in [0.4, 0.5) is 4.79 Å². The number of carbonyl (C=O) groups is 3. The summed E-state index contributed by atoms with van der Waals surface area (Å²) in [4.78, 5) is 37.7. The molecule has 2 aromatic carbocycles. The fourth-order valence-electron chi connectivity index (χ4n) is 3.95. The number of hydrogen-bond acceptors (Lipinski definition) is 5. The van der Waals surface area contributed by atoms with E-state index in [1.165, 1.54) is 11.0 Å². The largest absolute Gasteiger partial charge is 0.481 e. The summed E-state index contributed by atoms with van der Waals surface area (Å²) in [7, 11) is 0. The number of carboxylic acids is 1. The van der Waals surface area contributed by atoms with E-state index in [0.29, 0.717) is 0 Å². The molecule has 3 rings (SSSR count). The zero-order valence-corrected chi connectivity index (χ0v) is 17.6. The van der Waals surface area contributed by atoms with E-state index in [4.69, 9.17) is 9.84 Å². The van der Waals surface area contributed by atoms with Crippen molar-refractivity contribution in [2.45, 2.75) is 18.4 Å². The zero-order valence-electron chi connectivity index (χ0n) is 17.6. The van der Waals surface area contributed by atoms with Gasteiger partial charge >= 0.3 is 12.1 Å². The first-order valence-electron chi connectivity index (χ1n) is 10.3. The molecule has 8 heteroatoms. The fourth-order valence-corrected chi connectivity index (χ4v) is 3.95. The molecule has 32 heavy (non-hydrogen) atoms. The van der Waals surface area contributed by atoms with Gasteiger partial charge < -0.3 is 25.2 Å². The van der Waals surface area contributed by atoms with E-state index in [2.05, 4.69) is 11.9 Å². The molecular formula is C24H26N2O6. The Morgan fingerprint density at radius 2 is 1.69 bits per heavy atom. The van der Waals surface area contributed by atoms with Gasteiger partial charge in [0.25, 0.3) is 0 Å². The SMILES string of the molecule is C=CCN(CCO)C(=O)C(CC(=O)O)NC(=O)OCC1c2ccccc2-c2ccccc21. The number of carboxylic acid groups (broad SMARTS) is 1. The lowest BCUT2D eigenvalue weighted by molar-refractivity contribution is -0.142. The van der Waals surface area contributed by atoms with Gasteiger partial charge in [-0.3, -0.25) is 9.59 Å². The lowest BCUT2D eigenvalue weighted by Crippen LogP contribution is -2.50. The summed E-state index contributed by atoms with van der Waals surface area (Å²) in [6, 6.07) is 14.4. The molecule has 0 aliphatic heterocycles. The molecule has 0 radical (unpaired) electrons. The molecule has 2 amide bonds. The molecule has 0 fully saturated rings. The molecule has 0 saturated carbocycles. The number of fused-ring (bicyclic) bond motifs is 3. The van der Waals surface area contributed by atoms with Crippen LogP contribution >= 0.6 is 0 Å². The van der Waals surface area contributed by atoms with Crippen LogP contribution in [0.1, 0.15) is 23.5 Å². The van der Waals surface area contributed by atoms with Gasteiger partial charge in [-0.15, -0.1) is 6.58 Å². The van der Waals surface area contributed by atoms with E-state index in [-0.39, 0.29) is 32.2 Å². The molecular weight excluding hydrogens is 412 g/mol. The van der Waals surface area contributed by atoms with E-state index in [9.17, 15) is 19.5 Å². The van der Waals surface area contributed by atoms with Crippen molar-refractivity contribution in [1.82, 2.24) is 10.2 Å². The molecule has 1 unspecified atom stereocenters. The fraction of sp³-hybridized carbons (Fsp3) is 0.292. The number of benzene rings is 2. The zero-order chi connectivity index (χ0) is 23.1. The number of rotatable bonds is 10. The van der Waals surface area contributed by atoms with Crippen LogP contribution in [0.3, 0.4) is 0 Å². The second-order valence-corrected chi connectivity index (χ2v) is 7.42. The first-order valence-corrected chi connectivity index (χ1v) is 10.3. The molecule has 2 aromatic rings. The first kappa shape index (κ1) is 23.0. The molecule has 0 heterocycles. The monoisotopic (exact) mass is 438 g/mol. The number of aliphatic carboxylic acids is 1. The second-order valence-electron chi connectivity index (χ2n) is 7.42. The van der Waals surface area contributed by atoms with E-state index in [1.807, 2.05) is 48.5 Å². The predicted octanol–water partition coefficient (Wildman–Crippen LogP) is 2.38. The van der Waals surface area contributed by atoms with Crippen molar-refractivity contribution in [3.05, 3.63) is 72.3 Å². The number of carbonyl (C=O) groups excluding carboxylic acids is 2. The topological polar surface area (TPSA) is 116 Å². The summed E-state index contributed by atoms with van der Waals surface area (Å²) >= 11 is 0. The summed E-state index contributed by atoms with van der Waals surface area (Å²) in [5, 5.41) is 20.7. The number of aliphatic hydroxyl groups is 1. The molecule has 1 aliphatic rings. The number of alkyl carbamates (subject to hydrolysis) is 1. The first-order chi connectivity index (χ1) is 15.5. The predicted molar refractivity (Wildman–Crippen MR) is 118 cm³/mol. The van der Waals surface area contributed by atoms with Crippen molar-refractivity contribution in [3.8, 4) is 11.1 Å². The standard InChI is InChI=1S/C24H26N2O6/c1-2-11-26(12-13-27)23(30)21(14-22(28)29)25-24(31)32-15-20-18-9-5-3-7-16(18)17-8-4-6-10-19(17)20/h2-10,20-21,27H,1,11-15H2,(H,25,31)(H,28,29). The molecule has 8 nitrogen and oxygen atoms in total. The summed E-state index contributed by atoms with van der Waals surface area (Å²) in [6.07, 6.45) is -0.0325. The van der Waals surface area contributed by atoms with Gasteiger partial charge in [-0.1, -0.05) is 54.6 Å². The van der Waals surface area contributed by atoms with Gasteiger partial charge in [-0.25, -0.2) is 4.79 Å². The van der Waals surface area contributed by atoms with E-state index < -0.39 is 30.4 Å². The van der Waals surface area contributed by atoms with Gasteiger partial charge in [0.2, 0.25) is 5.91 Å². The van der Waals surface area contributed by atoms with Crippen LogP contribution in [0.2, 0.25) is 0 Å². The van der Waals surface area contributed by atoms with Gasteiger partial charge in [-0.05, 0) is 22.3 Å². The quantitative estimate of drug-likeness (QED) is 0.491. The molecule has 0 aromatic heterocycles. The molecule has 0 saturated heterocycles. The maximum atomic E-state index is 12.7. The minimum absolute atomic E-state index is 0.00661. The maximum Gasteiger partial charge on any atom is 0.407 e. The summed E-state index contributed by atoms with van der Waals surface area (Å²) < 4.78 is 5.42. The van der Waals surface area contributed by atoms with Crippen molar-refractivity contribution in [1.29, 1.82) is 0 Å². The number of aliphatic hydroxyl groups excluding tert-OH is 1. The smallest absolute Gasteiger partial charge is 0.407 e. The van der Waals surface area contributed by atoms with Crippen LogP contribution in [0.15, 0.2) is 61.2 Å². The lowest BCUT2D eigenvalue weighted by atomic mass is 9.98. The molecule has 0 spiro atoms. The Hall–Kier alpha value is -3.65. The number of nitrogens with zero attached hydrogens (tertiary/aromatic N) is 1.